The van der Waals surface area contributed by atoms with Crippen molar-refractivity contribution in [3.8, 4) is 0 Å². The van der Waals surface area contributed by atoms with Crippen molar-refractivity contribution in [3.05, 3.63) is 65.7 Å². The van der Waals surface area contributed by atoms with Gasteiger partial charge in [-0.25, -0.2) is 0 Å². The molecule has 1 aliphatic rings. The van der Waals surface area contributed by atoms with Crippen LogP contribution < -0.4 is 5.32 Å². The van der Waals surface area contributed by atoms with Crippen molar-refractivity contribution < 1.29 is 19.1 Å². The van der Waals surface area contributed by atoms with Crippen molar-refractivity contribution in [1.82, 2.24) is 4.90 Å². The van der Waals surface area contributed by atoms with E-state index in [0.29, 0.717) is 24.7 Å². The highest BCUT2D eigenvalue weighted by atomic mass is 16.5. The molecular weight excluding hydrogens is 392 g/mol. The fourth-order valence-corrected chi connectivity index (χ4v) is 3.93. The molecule has 164 valence electrons. The molecule has 0 bridgehead atoms. The lowest BCUT2D eigenvalue weighted by atomic mass is 9.90. The van der Waals surface area contributed by atoms with Crippen LogP contribution in [0.5, 0.6) is 0 Å². The summed E-state index contributed by atoms with van der Waals surface area (Å²) in [4.78, 5) is 37.8. The van der Waals surface area contributed by atoms with Gasteiger partial charge in [-0.05, 0) is 55.4 Å². The number of likely N-dealkylation sites (tertiary alicyclic amines) is 1. The quantitative estimate of drug-likeness (QED) is 0.692. The largest absolute Gasteiger partial charge is 0.452 e. The van der Waals surface area contributed by atoms with E-state index in [0.717, 1.165) is 24.8 Å². The molecule has 0 aromatic heterocycles. The first-order valence-electron chi connectivity index (χ1n) is 10.8. The molecule has 1 saturated heterocycles. The van der Waals surface area contributed by atoms with Crippen molar-refractivity contribution in [3.63, 3.8) is 0 Å². The lowest BCUT2D eigenvalue weighted by molar-refractivity contribution is -0.159. The second-order valence-electron chi connectivity index (χ2n) is 8.15. The van der Waals surface area contributed by atoms with Gasteiger partial charge in [-0.3, -0.25) is 14.4 Å². The predicted octanol–water partition coefficient (Wildman–Crippen LogP) is 3.60. The van der Waals surface area contributed by atoms with E-state index in [-0.39, 0.29) is 18.2 Å². The van der Waals surface area contributed by atoms with E-state index in [1.165, 1.54) is 12.5 Å². The highest BCUT2D eigenvalue weighted by molar-refractivity contribution is 5.88. The number of carbonyl (C=O) groups is 3. The minimum Gasteiger partial charge on any atom is -0.452 e. The van der Waals surface area contributed by atoms with Crippen LogP contribution in [-0.2, 0) is 32.0 Å². The van der Waals surface area contributed by atoms with Crippen LogP contribution in [-0.4, -0.2) is 41.9 Å². The molecule has 31 heavy (non-hydrogen) atoms. The van der Waals surface area contributed by atoms with Gasteiger partial charge in [0.15, 0.2) is 6.10 Å². The molecule has 1 fully saturated rings. The smallest absolute Gasteiger partial charge is 0.311 e. The second kappa shape index (κ2) is 10.8. The van der Waals surface area contributed by atoms with Gasteiger partial charge in [-0.1, -0.05) is 42.5 Å². The number of rotatable bonds is 7. The zero-order valence-corrected chi connectivity index (χ0v) is 18.2. The number of nitrogens with zero attached hydrogens (tertiary/aromatic N) is 1. The van der Waals surface area contributed by atoms with Gasteiger partial charge in [0.2, 0.25) is 5.91 Å². The average molecular weight is 423 g/mol. The lowest BCUT2D eigenvalue weighted by Gasteiger charge is -2.33. The maximum absolute atomic E-state index is 12.7. The zero-order valence-electron chi connectivity index (χ0n) is 18.2. The first kappa shape index (κ1) is 22.5. The average Bonchev–Trinajstić information content (AvgIpc) is 2.75. The lowest BCUT2D eigenvalue weighted by Crippen LogP contribution is -2.44. The van der Waals surface area contributed by atoms with E-state index < -0.39 is 12.1 Å². The van der Waals surface area contributed by atoms with Crippen LogP contribution in [0.2, 0.25) is 0 Å². The van der Waals surface area contributed by atoms with Gasteiger partial charge in [0.1, 0.15) is 0 Å². The Morgan fingerprint density at radius 1 is 1.00 bits per heavy atom. The molecule has 2 amide bonds. The van der Waals surface area contributed by atoms with Crippen molar-refractivity contribution in [2.75, 3.05) is 18.4 Å². The van der Waals surface area contributed by atoms with Crippen LogP contribution in [0.1, 0.15) is 37.8 Å². The second-order valence-corrected chi connectivity index (χ2v) is 8.15. The van der Waals surface area contributed by atoms with Gasteiger partial charge >= 0.3 is 5.97 Å². The van der Waals surface area contributed by atoms with Gasteiger partial charge < -0.3 is 15.0 Å². The summed E-state index contributed by atoms with van der Waals surface area (Å²) in [7, 11) is 0. The molecule has 1 aliphatic heterocycles. The third kappa shape index (κ3) is 6.95. The summed E-state index contributed by atoms with van der Waals surface area (Å²) < 4.78 is 5.39. The molecule has 2 aromatic rings. The summed E-state index contributed by atoms with van der Waals surface area (Å²) in [6.07, 6.45) is 2.24. The molecule has 0 spiro atoms. The van der Waals surface area contributed by atoms with Gasteiger partial charge in [0.25, 0.3) is 5.91 Å². The van der Waals surface area contributed by atoms with Crippen molar-refractivity contribution in [2.24, 2.45) is 5.92 Å². The molecule has 0 saturated carbocycles. The summed E-state index contributed by atoms with van der Waals surface area (Å²) >= 11 is 0. The SMILES string of the molecule is CC(=O)Nc1ccc(CC(=O)O[C@H](C)C(=O)N2CCC(Cc3ccccc3)CC2)cc1. The Bertz CT molecular complexity index is 887. The molecule has 6 nitrogen and oxygen atoms in total. The van der Waals surface area contributed by atoms with Gasteiger partial charge in [-0.2, -0.15) is 0 Å². The van der Waals surface area contributed by atoms with Crippen molar-refractivity contribution in [1.29, 1.82) is 0 Å². The maximum Gasteiger partial charge on any atom is 0.311 e. The van der Waals surface area contributed by atoms with Crippen LogP contribution in [0.15, 0.2) is 54.6 Å². The molecule has 3 rings (SSSR count). The Labute approximate surface area is 183 Å². The number of hydrogen-bond acceptors (Lipinski definition) is 4. The third-order valence-electron chi connectivity index (χ3n) is 5.57. The summed E-state index contributed by atoms with van der Waals surface area (Å²) in [5.41, 5.74) is 2.77. The topological polar surface area (TPSA) is 75.7 Å². The maximum atomic E-state index is 12.7. The highest BCUT2D eigenvalue weighted by Crippen LogP contribution is 2.22. The van der Waals surface area contributed by atoms with E-state index in [2.05, 4.69) is 29.6 Å². The molecule has 2 aromatic carbocycles. The first-order valence-corrected chi connectivity index (χ1v) is 10.8. The van der Waals surface area contributed by atoms with Gasteiger partial charge in [0.05, 0.1) is 6.42 Å². The Balaban J connectivity index is 1.42. The molecule has 0 radical (unpaired) electrons. The fraction of sp³-hybridized carbons (Fsp3) is 0.400. The molecule has 1 N–H and O–H groups in total. The molecule has 1 atom stereocenters. The number of carbonyl (C=O) groups excluding carboxylic acids is 3. The number of benzene rings is 2. The summed E-state index contributed by atoms with van der Waals surface area (Å²) in [5.74, 6) is -0.145. The minimum absolute atomic E-state index is 0.0805. The monoisotopic (exact) mass is 422 g/mol. The van der Waals surface area contributed by atoms with E-state index in [1.807, 2.05) is 11.0 Å². The van der Waals surface area contributed by atoms with E-state index >= 15 is 0 Å². The van der Waals surface area contributed by atoms with Crippen LogP contribution in [0.25, 0.3) is 0 Å². The third-order valence-corrected chi connectivity index (χ3v) is 5.57. The summed E-state index contributed by atoms with van der Waals surface area (Å²) in [5, 5.41) is 2.68. The Morgan fingerprint density at radius 3 is 2.26 bits per heavy atom. The fourth-order valence-electron chi connectivity index (χ4n) is 3.93. The molecule has 1 heterocycles. The molecule has 0 aliphatic carbocycles. The Hall–Kier alpha value is -3.15. The summed E-state index contributed by atoms with van der Waals surface area (Å²) in [6, 6.07) is 17.4. The Kier molecular flexibility index (Phi) is 7.82. The number of amides is 2. The first-order chi connectivity index (χ1) is 14.9. The standard InChI is InChI=1S/C25H30N2O4/c1-18(31-24(29)17-21-8-10-23(11-9-21)26-19(2)28)25(30)27-14-12-22(13-15-27)16-20-6-4-3-5-7-20/h3-11,18,22H,12-17H2,1-2H3,(H,26,28)/t18-/m1/s1. The molecule has 6 heteroatoms. The van der Waals surface area contributed by atoms with Crippen LogP contribution >= 0.6 is 0 Å². The minimum atomic E-state index is -0.795. The van der Waals surface area contributed by atoms with Crippen molar-refractivity contribution in [2.45, 2.75) is 45.6 Å². The Morgan fingerprint density at radius 2 is 1.65 bits per heavy atom. The molecular formula is C25H30N2O4. The normalized spacial score (nSPS) is 15.2. The van der Waals surface area contributed by atoms with Crippen LogP contribution in [0.4, 0.5) is 5.69 Å². The van der Waals surface area contributed by atoms with E-state index in [1.54, 1.807) is 31.2 Å². The number of piperidine rings is 1. The predicted molar refractivity (Wildman–Crippen MR) is 119 cm³/mol. The summed E-state index contributed by atoms with van der Waals surface area (Å²) in [6.45, 7) is 4.47. The number of hydrogen-bond donors (Lipinski definition) is 1. The number of ether oxygens (including phenoxy) is 1. The molecule has 0 unspecified atom stereocenters. The van der Waals surface area contributed by atoms with Gasteiger partial charge in [0, 0.05) is 25.7 Å². The number of anilines is 1. The van der Waals surface area contributed by atoms with Crippen molar-refractivity contribution >= 4 is 23.5 Å². The van der Waals surface area contributed by atoms with Crippen LogP contribution in [0.3, 0.4) is 0 Å². The van der Waals surface area contributed by atoms with Gasteiger partial charge in [-0.15, -0.1) is 0 Å². The number of nitrogens with one attached hydrogen (secondary N) is 1. The highest BCUT2D eigenvalue weighted by Gasteiger charge is 2.28. The zero-order chi connectivity index (χ0) is 22.2. The number of esters is 1. The van der Waals surface area contributed by atoms with E-state index in [4.69, 9.17) is 4.74 Å². The van der Waals surface area contributed by atoms with E-state index in [9.17, 15) is 14.4 Å². The van der Waals surface area contributed by atoms with Crippen LogP contribution in [0, 0.1) is 5.92 Å².